The molecular formula is C14H8ClFN2O3. The zero-order valence-corrected chi connectivity index (χ0v) is 11.3. The van der Waals surface area contributed by atoms with Crippen LogP contribution in [0.2, 0.25) is 5.15 Å². The standard InChI is InChI=1S/C14H8ClFN2O3/c15-12-4-10(14(19)20)5-13(18-12)21-7-9-2-1-8(6-17)3-11(9)16/h1-5H,7H2,(H,19,20). The molecule has 1 heterocycles. The second kappa shape index (κ2) is 6.20. The third-order valence-corrected chi connectivity index (χ3v) is 2.77. The average molecular weight is 307 g/mol. The monoisotopic (exact) mass is 306 g/mol. The minimum Gasteiger partial charge on any atom is -0.478 e. The molecule has 0 saturated carbocycles. The van der Waals surface area contributed by atoms with Crippen molar-refractivity contribution in [3.8, 4) is 11.9 Å². The van der Waals surface area contributed by atoms with Gasteiger partial charge in [0.1, 0.15) is 17.6 Å². The van der Waals surface area contributed by atoms with E-state index in [2.05, 4.69) is 4.98 Å². The zero-order chi connectivity index (χ0) is 15.4. The summed E-state index contributed by atoms with van der Waals surface area (Å²) in [6.45, 7) is -0.163. The maximum atomic E-state index is 13.7. The number of aromatic nitrogens is 1. The van der Waals surface area contributed by atoms with E-state index in [0.717, 1.165) is 6.07 Å². The number of pyridine rings is 1. The van der Waals surface area contributed by atoms with Crippen LogP contribution in [0.4, 0.5) is 4.39 Å². The number of nitrogens with zero attached hydrogens (tertiary/aromatic N) is 2. The highest BCUT2D eigenvalue weighted by molar-refractivity contribution is 6.29. The first-order chi connectivity index (χ1) is 9.99. The lowest BCUT2D eigenvalue weighted by atomic mass is 10.1. The van der Waals surface area contributed by atoms with E-state index >= 15 is 0 Å². The summed E-state index contributed by atoms with van der Waals surface area (Å²) in [7, 11) is 0. The zero-order valence-electron chi connectivity index (χ0n) is 10.5. The molecule has 1 aromatic carbocycles. The van der Waals surface area contributed by atoms with Gasteiger partial charge in [0.25, 0.3) is 0 Å². The topological polar surface area (TPSA) is 83.2 Å². The molecule has 0 aliphatic heterocycles. The Kier molecular flexibility index (Phi) is 4.36. The van der Waals surface area contributed by atoms with Crippen molar-refractivity contribution in [2.75, 3.05) is 0 Å². The van der Waals surface area contributed by atoms with E-state index < -0.39 is 11.8 Å². The molecular weight excluding hydrogens is 299 g/mol. The highest BCUT2D eigenvalue weighted by atomic mass is 35.5. The van der Waals surface area contributed by atoms with Crippen LogP contribution in [0.15, 0.2) is 30.3 Å². The molecule has 0 unspecified atom stereocenters. The van der Waals surface area contributed by atoms with E-state index in [-0.39, 0.29) is 34.3 Å². The highest BCUT2D eigenvalue weighted by Gasteiger charge is 2.10. The highest BCUT2D eigenvalue weighted by Crippen LogP contribution is 2.18. The Morgan fingerprint density at radius 1 is 1.43 bits per heavy atom. The Morgan fingerprint density at radius 3 is 2.81 bits per heavy atom. The van der Waals surface area contributed by atoms with Gasteiger partial charge in [0.2, 0.25) is 5.88 Å². The van der Waals surface area contributed by atoms with Gasteiger partial charge in [-0.25, -0.2) is 14.2 Å². The van der Waals surface area contributed by atoms with Gasteiger partial charge < -0.3 is 9.84 Å². The van der Waals surface area contributed by atoms with Crippen molar-refractivity contribution >= 4 is 17.6 Å². The molecule has 0 amide bonds. The van der Waals surface area contributed by atoms with Crippen LogP contribution in [0.3, 0.4) is 0 Å². The number of ether oxygens (including phenoxy) is 1. The third-order valence-electron chi connectivity index (χ3n) is 2.58. The predicted molar refractivity (Wildman–Crippen MR) is 71.7 cm³/mol. The number of hydrogen-bond acceptors (Lipinski definition) is 4. The van der Waals surface area contributed by atoms with E-state index in [1.807, 2.05) is 6.07 Å². The van der Waals surface area contributed by atoms with Gasteiger partial charge in [-0.1, -0.05) is 17.7 Å². The Balaban J connectivity index is 2.17. The minimum atomic E-state index is -1.17. The number of benzene rings is 1. The number of aromatic carboxylic acids is 1. The van der Waals surface area contributed by atoms with Crippen LogP contribution in [-0.2, 0) is 6.61 Å². The van der Waals surface area contributed by atoms with Crippen molar-refractivity contribution in [1.29, 1.82) is 5.26 Å². The smallest absolute Gasteiger partial charge is 0.335 e. The van der Waals surface area contributed by atoms with Crippen LogP contribution in [-0.4, -0.2) is 16.1 Å². The number of nitriles is 1. The first-order valence-electron chi connectivity index (χ1n) is 5.72. The number of carboxylic acid groups (broad SMARTS) is 1. The van der Waals surface area contributed by atoms with Crippen molar-refractivity contribution in [2.24, 2.45) is 0 Å². The SMILES string of the molecule is N#Cc1ccc(COc2cc(C(=O)O)cc(Cl)n2)c(F)c1. The van der Waals surface area contributed by atoms with E-state index in [4.69, 9.17) is 26.7 Å². The summed E-state index contributed by atoms with van der Waals surface area (Å²) < 4.78 is 18.9. The molecule has 0 aliphatic carbocycles. The van der Waals surface area contributed by atoms with E-state index in [0.29, 0.717) is 0 Å². The summed E-state index contributed by atoms with van der Waals surface area (Å²) >= 11 is 5.68. The number of rotatable bonds is 4. The predicted octanol–water partition coefficient (Wildman–Crippen LogP) is 3.02. The lowest BCUT2D eigenvalue weighted by Gasteiger charge is -2.07. The maximum Gasteiger partial charge on any atom is 0.335 e. The van der Waals surface area contributed by atoms with Crippen LogP contribution in [0, 0.1) is 17.1 Å². The molecule has 7 heteroatoms. The molecule has 2 rings (SSSR count). The molecule has 0 aliphatic rings. The molecule has 0 radical (unpaired) electrons. The Bertz CT molecular complexity index is 743. The third kappa shape index (κ3) is 3.68. The molecule has 0 spiro atoms. The Morgan fingerprint density at radius 2 is 2.19 bits per heavy atom. The van der Waals surface area contributed by atoms with Crippen molar-refractivity contribution in [1.82, 2.24) is 4.98 Å². The molecule has 1 aromatic heterocycles. The molecule has 106 valence electrons. The fourth-order valence-electron chi connectivity index (χ4n) is 1.56. The van der Waals surface area contributed by atoms with E-state index in [1.165, 1.54) is 24.3 Å². The van der Waals surface area contributed by atoms with Gasteiger partial charge in [0.05, 0.1) is 17.2 Å². The lowest BCUT2D eigenvalue weighted by Crippen LogP contribution is -2.03. The maximum absolute atomic E-state index is 13.7. The summed E-state index contributed by atoms with van der Waals surface area (Å²) in [5.41, 5.74) is 0.336. The van der Waals surface area contributed by atoms with Crippen molar-refractivity contribution in [3.05, 3.63) is 58.0 Å². The largest absolute Gasteiger partial charge is 0.478 e. The van der Waals surface area contributed by atoms with Crippen molar-refractivity contribution in [3.63, 3.8) is 0 Å². The van der Waals surface area contributed by atoms with Gasteiger partial charge in [-0.2, -0.15) is 5.26 Å². The van der Waals surface area contributed by atoms with Gasteiger partial charge in [0, 0.05) is 11.6 Å². The number of hydrogen-bond donors (Lipinski definition) is 1. The summed E-state index contributed by atoms with van der Waals surface area (Å²) in [5, 5.41) is 17.5. The quantitative estimate of drug-likeness (QED) is 0.878. The number of carbonyl (C=O) groups is 1. The van der Waals surface area contributed by atoms with Crippen LogP contribution in [0.1, 0.15) is 21.5 Å². The second-order valence-electron chi connectivity index (χ2n) is 4.03. The summed E-state index contributed by atoms with van der Waals surface area (Å²) in [4.78, 5) is 14.7. The average Bonchev–Trinajstić information content (AvgIpc) is 2.45. The minimum absolute atomic E-state index is 0.0244. The Labute approximate surface area is 124 Å². The number of halogens is 2. The molecule has 0 fully saturated rings. The van der Waals surface area contributed by atoms with Crippen LogP contribution < -0.4 is 4.74 Å². The summed E-state index contributed by atoms with van der Waals surface area (Å²) in [6, 6.07) is 8.15. The first kappa shape index (κ1) is 14.8. The lowest BCUT2D eigenvalue weighted by molar-refractivity contribution is 0.0696. The van der Waals surface area contributed by atoms with Crippen LogP contribution in [0.5, 0.6) is 5.88 Å². The molecule has 2 aromatic rings. The van der Waals surface area contributed by atoms with Crippen LogP contribution >= 0.6 is 11.6 Å². The van der Waals surface area contributed by atoms with Gasteiger partial charge in [-0.3, -0.25) is 0 Å². The molecule has 5 nitrogen and oxygen atoms in total. The fourth-order valence-corrected chi connectivity index (χ4v) is 1.76. The van der Waals surface area contributed by atoms with Gasteiger partial charge in [-0.05, 0) is 18.2 Å². The van der Waals surface area contributed by atoms with Crippen molar-refractivity contribution < 1.29 is 19.0 Å². The normalized spacial score (nSPS) is 9.95. The van der Waals surface area contributed by atoms with Gasteiger partial charge in [0.15, 0.2) is 0 Å². The van der Waals surface area contributed by atoms with Gasteiger partial charge >= 0.3 is 5.97 Å². The van der Waals surface area contributed by atoms with Crippen LogP contribution in [0.25, 0.3) is 0 Å². The van der Waals surface area contributed by atoms with E-state index in [1.54, 1.807) is 0 Å². The molecule has 1 N–H and O–H groups in total. The fraction of sp³-hybridized carbons (Fsp3) is 0.0714. The summed E-state index contributed by atoms with van der Waals surface area (Å²) in [5.74, 6) is -1.79. The Hall–Kier alpha value is -2.65. The molecule has 0 atom stereocenters. The van der Waals surface area contributed by atoms with Crippen molar-refractivity contribution in [2.45, 2.75) is 6.61 Å². The molecule has 0 bridgehead atoms. The molecule has 0 saturated heterocycles. The first-order valence-corrected chi connectivity index (χ1v) is 6.09. The second-order valence-corrected chi connectivity index (χ2v) is 4.42. The van der Waals surface area contributed by atoms with Gasteiger partial charge in [-0.15, -0.1) is 0 Å². The molecule has 21 heavy (non-hydrogen) atoms. The summed E-state index contributed by atoms with van der Waals surface area (Å²) in [6.07, 6.45) is 0. The number of carboxylic acids is 1. The van der Waals surface area contributed by atoms with E-state index in [9.17, 15) is 9.18 Å².